The minimum atomic E-state index is -4.60. The number of nitrogens with zero attached hydrogens (tertiary/aromatic N) is 4. The number of fused-ring (bicyclic) bond motifs is 1. The molecule has 0 fully saturated rings. The summed E-state index contributed by atoms with van der Waals surface area (Å²) in [4.78, 5) is 20.4. The van der Waals surface area contributed by atoms with Crippen molar-refractivity contribution < 1.29 is 26.7 Å². The minimum absolute atomic E-state index is 0.0273. The van der Waals surface area contributed by atoms with Gasteiger partial charge in [-0.3, -0.25) is 4.79 Å². The monoisotopic (exact) mass is 433 g/mol. The van der Waals surface area contributed by atoms with Gasteiger partial charge in [0.1, 0.15) is 11.4 Å². The summed E-state index contributed by atoms with van der Waals surface area (Å²) < 4.78 is 68.3. The van der Waals surface area contributed by atoms with Crippen molar-refractivity contribution in [1.82, 2.24) is 19.6 Å². The van der Waals surface area contributed by atoms with Gasteiger partial charge in [-0.2, -0.15) is 18.3 Å². The van der Waals surface area contributed by atoms with Crippen molar-refractivity contribution in [2.75, 3.05) is 5.32 Å². The zero-order valence-corrected chi connectivity index (χ0v) is 15.7. The van der Waals surface area contributed by atoms with Crippen LogP contribution in [-0.2, 0) is 6.18 Å². The SMILES string of the molecule is Cc1nn2ccc(-c3ccccc3C(F)(F)F)nc2c1C(=O)Nc1ncc(F)cc1F. The Morgan fingerprint density at radius 2 is 1.87 bits per heavy atom. The first-order chi connectivity index (χ1) is 14.6. The van der Waals surface area contributed by atoms with Gasteiger partial charge >= 0.3 is 6.18 Å². The average molecular weight is 433 g/mol. The lowest BCUT2D eigenvalue weighted by atomic mass is 10.0. The molecule has 3 aromatic heterocycles. The van der Waals surface area contributed by atoms with Crippen LogP contribution in [0.4, 0.5) is 27.8 Å². The molecule has 0 aliphatic heterocycles. The lowest BCUT2D eigenvalue weighted by Crippen LogP contribution is -2.15. The van der Waals surface area contributed by atoms with Gasteiger partial charge in [0, 0.05) is 17.8 Å². The van der Waals surface area contributed by atoms with Crippen LogP contribution in [0.25, 0.3) is 16.9 Å². The molecular weight excluding hydrogens is 421 g/mol. The Morgan fingerprint density at radius 1 is 1.13 bits per heavy atom. The van der Waals surface area contributed by atoms with Gasteiger partial charge in [0.05, 0.1) is 23.1 Å². The van der Waals surface area contributed by atoms with Crippen LogP contribution in [0.15, 0.2) is 48.8 Å². The Labute approximate surface area is 171 Å². The van der Waals surface area contributed by atoms with Crippen LogP contribution < -0.4 is 5.32 Å². The third-order valence-corrected chi connectivity index (χ3v) is 4.44. The van der Waals surface area contributed by atoms with Crippen LogP contribution in [0.1, 0.15) is 21.6 Å². The van der Waals surface area contributed by atoms with Gasteiger partial charge in [-0.15, -0.1) is 0 Å². The van der Waals surface area contributed by atoms with Crippen molar-refractivity contribution in [2.24, 2.45) is 0 Å². The second-order valence-corrected chi connectivity index (χ2v) is 6.52. The van der Waals surface area contributed by atoms with E-state index in [4.69, 9.17) is 0 Å². The summed E-state index contributed by atoms with van der Waals surface area (Å²) in [5.41, 5.74) is -1.00. The summed E-state index contributed by atoms with van der Waals surface area (Å²) >= 11 is 0. The second-order valence-electron chi connectivity index (χ2n) is 6.52. The molecule has 0 spiro atoms. The van der Waals surface area contributed by atoms with E-state index in [0.717, 1.165) is 12.3 Å². The maximum atomic E-state index is 13.8. The largest absolute Gasteiger partial charge is 0.417 e. The molecule has 0 saturated carbocycles. The zero-order chi connectivity index (χ0) is 22.3. The lowest BCUT2D eigenvalue weighted by molar-refractivity contribution is -0.137. The molecule has 11 heteroatoms. The predicted octanol–water partition coefficient (Wildman–Crippen LogP) is 4.65. The summed E-state index contributed by atoms with van der Waals surface area (Å²) in [5.74, 6) is -3.37. The topological polar surface area (TPSA) is 72.2 Å². The number of hydrogen-bond donors (Lipinski definition) is 1. The highest BCUT2D eigenvalue weighted by Gasteiger charge is 2.34. The van der Waals surface area contributed by atoms with Gasteiger partial charge in [0.25, 0.3) is 5.91 Å². The van der Waals surface area contributed by atoms with Gasteiger partial charge in [0.15, 0.2) is 17.3 Å². The first-order valence-electron chi connectivity index (χ1n) is 8.80. The van der Waals surface area contributed by atoms with E-state index in [2.05, 4.69) is 20.4 Å². The third-order valence-electron chi connectivity index (χ3n) is 4.44. The van der Waals surface area contributed by atoms with E-state index in [1.165, 1.54) is 41.9 Å². The number of amides is 1. The van der Waals surface area contributed by atoms with Crippen LogP contribution in [0.2, 0.25) is 0 Å². The van der Waals surface area contributed by atoms with Gasteiger partial charge < -0.3 is 5.32 Å². The minimum Gasteiger partial charge on any atom is -0.304 e. The molecule has 1 N–H and O–H groups in total. The molecule has 158 valence electrons. The molecule has 1 aromatic carbocycles. The van der Waals surface area contributed by atoms with E-state index in [9.17, 15) is 26.7 Å². The number of halogens is 5. The van der Waals surface area contributed by atoms with Crippen molar-refractivity contribution >= 4 is 17.4 Å². The number of carbonyl (C=O) groups excluding carboxylic acids is 1. The highest BCUT2D eigenvalue weighted by Crippen LogP contribution is 2.36. The molecule has 0 unspecified atom stereocenters. The van der Waals surface area contributed by atoms with Gasteiger partial charge in [-0.25, -0.2) is 23.3 Å². The molecule has 1 amide bonds. The molecule has 0 atom stereocenters. The second kappa shape index (κ2) is 7.42. The fourth-order valence-corrected chi connectivity index (χ4v) is 3.09. The first kappa shape index (κ1) is 20.4. The van der Waals surface area contributed by atoms with Crippen LogP contribution >= 0.6 is 0 Å². The Bertz CT molecular complexity index is 1320. The van der Waals surface area contributed by atoms with E-state index < -0.39 is 35.1 Å². The highest BCUT2D eigenvalue weighted by molar-refractivity contribution is 6.08. The van der Waals surface area contributed by atoms with E-state index in [1.54, 1.807) is 0 Å². The number of aryl methyl sites for hydroxylation is 1. The van der Waals surface area contributed by atoms with E-state index in [1.807, 2.05) is 0 Å². The first-order valence-corrected chi connectivity index (χ1v) is 8.80. The summed E-state index contributed by atoms with van der Waals surface area (Å²) in [6.07, 6.45) is -2.51. The number of rotatable bonds is 3. The van der Waals surface area contributed by atoms with Crippen molar-refractivity contribution in [3.05, 3.63) is 77.2 Å². The Hall–Kier alpha value is -3.89. The van der Waals surface area contributed by atoms with Crippen LogP contribution in [0.3, 0.4) is 0 Å². The molecule has 0 aliphatic carbocycles. The van der Waals surface area contributed by atoms with Gasteiger partial charge in [-0.1, -0.05) is 18.2 Å². The van der Waals surface area contributed by atoms with Crippen molar-refractivity contribution in [3.63, 3.8) is 0 Å². The highest BCUT2D eigenvalue weighted by atomic mass is 19.4. The molecule has 4 rings (SSSR count). The van der Waals surface area contributed by atoms with Crippen molar-refractivity contribution in [1.29, 1.82) is 0 Å². The Morgan fingerprint density at radius 3 is 2.58 bits per heavy atom. The van der Waals surface area contributed by atoms with Gasteiger partial charge in [0.2, 0.25) is 0 Å². The Kier molecular flexibility index (Phi) is 4.88. The molecule has 3 heterocycles. The summed E-state index contributed by atoms with van der Waals surface area (Å²) in [6, 6.07) is 6.79. The van der Waals surface area contributed by atoms with Crippen molar-refractivity contribution in [3.8, 4) is 11.3 Å². The number of nitrogens with one attached hydrogen (secondary N) is 1. The number of alkyl halides is 3. The molecule has 4 aromatic rings. The van der Waals surface area contributed by atoms with Crippen LogP contribution in [0.5, 0.6) is 0 Å². The van der Waals surface area contributed by atoms with E-state index >= 15 is 0 Å². The zero-order valence-electron chi connectivity index (χ0n) is 15.7. The molecule has 0 aliphatic rings. The van der Waals surface area contributed by atoms with Crippen LogP contribution in [0, 0.1) is 18.6 Å². The number of benzene rings is 1. The normalized spacial score (nSPS) is 11.7. The molecule has 0 saturated heterocycles. The predicted molar refractivity (Wildman–Crippen MR) is 100 cm³/mol. The summed E-state index contributed by atoms with van der Waals surface area (Å²) in [5, 5.41) is 6.32. The maximum absolute atomic E-state index is 13.8. The molecular formula is C20H12F5N5O. The molecule has 0 radical (unpaired) electrons. The van der Waals surface area contributed by atoms with E-state index in [-0.39, 0.29) is 28.2 Å². The standard InChI is InChI=1S/C20H12F5N5O/c1-10-16(19(31)28-17-14(22)8-11(21)9-26-17)18-27-15(6-7-30(18)29-10)12-4-2-3-5-13(12)20(23,24)25/h2-9H,1H3,(H,26,28,31). The van der Waals surface area contributed by atoms with Gasteiger partial charge in [-0.05, 0) is 19.1 Å². The summed E-state index contributed by atoms with van der Waals surface area (Å²) in [6.45, 7) is 1.49. The smallest absolute Gasteiger partial charge is 0.304 e. The molecule has 31 heavy (non-hydrogen) atoms. The van der Waals surface area contributed by atoms with Crippen molar-refractivity contribution in [2.45, 2.75) is 13.1 Å². The number of aromatic nitrogens is 4. The maximum Gasteiger partial charge on any atom is 0.417 e. The fourth-order valence-electron chi connectivity index (χ4n) is 3.09. The van der Waals surface area contributed by atoms with E-state index in [0.29, 0.717) is 6.07 Å². The quantitative estimate of drug-likeness (QED) is 0.478. The third kappa shape index (κ3) is 3.81. The number of pyridine rings is 1. The van der Waals surface area contributed by atoms with Crippen LogP contribution in [-0.4, -0.2) is 25.5 Å². The Balaban J connectivity index is 1.80. The summed E-state index contributed by atoms with van der Waals surface area (Å²) in [7, 11) is 0. The fraction of sp³-hybridized carbons (Fsp3) is 0.100. The number of anilines is 1. The average Bonchev–Trinajstić information content (AvgIpc) is 3.04. The lowest BCUT2D eigenvalue weighted by Gasteiger charge is -2.12. The molecule has 6 nitrogen and oxygen atoms in total. The number of hydrogen-bond acceptors (Lipinski definition) is 4. The number of carbonyl (C=O) groups is 1. The molecule has 0 bridgehead atoms.